The molecule has 2 rings (SSSR count). The zero-order valence-corrected chi connectivity index (χ0v) is 15.4. The normalized spacial score (nSPS) is 13.3. The van der Waals surface area contributed by atoms with Crippen molar-refractivity contribution in [2.75, 3.05) is 0 Å². The maximum atomic E-state index is 13.5. The first-order valence-corrected chi connectivity index (χ1v) is 9.27. The molecule has 138 valence electrons. The Morgan fingerprint density at radius 3 is 2.19 bits per heavy atom. The van der Waals surface area contributed by atoms with E-state index in [1.165, 1.54) is 30.3 Å². The van der Waals surface area contributed by atoms with Gasteiger partial charge in [0.1, 0.15) is 5.60 Å². The minimum atomic E-state index is -3.51. The van der Waals surface area contributed by atoms with Crippen LogP contribution in [0.3, 0.4) is 0 Å². The van der Waals surface area contributed by atoms with Gasteiger partial charge in [-0.05, 0) is 45.0 Å². The van der Waals surface area contributed by atoms with Crippen LogP contribution in [0.25, 0.3) is 0 Å². The molecule has 1 amide bonds. The number of carboxylic acids is 1. The predicted molar refractivity (Wildman–Crippen MR) is 97.7 cm³/mol. The molecule has 0 aliphatic heterocycles. The lowest BCUT2D eigenvalue weighted by Gasteiger charge is -2.21. The van der Waals surface area contributed by atoms with Gasteiger partial charge in [-0.25, -0.2) is 18.5 Å². The monoisotopic (exact) mass is 376 g/mol. The van der Waals surface area contributed by atoms with E-state index >= 15 is 0 Å². The number of amides is 1. The standard InChI is InChI=1S/C18H20N2O5S/c1-18(2,3)25-17(23)20-26(24,13-9-5-4-6-10-13)19-15-12-8-7-11-14(15)16(21)22/h4-12H,1-3H3,(H,21,22)(H,19,20,23,24). The van der Waals surface area contributed by atoms with Gasteiger partial charge in [0, 0.05) is 0 Å². The quantitative estimate of drug-likeness (QED) is 0.839. The SMILES string of the molecule is CC(C)(C)OC(=O)NS(=O)(=Nc1ccccc1C(=O)O)c1ccccc1. The molecule has 0 saturated carbocycles. The van der Waals surface area contributed by atoms with Crippen molar-refractivity contribution in [3.63, 3.8) is 0 Å². The van der Waals surface area contributed by atoms with Crippen molar-refractivity contribution in [3.8, 4) is 0 Å². The highest BCUT2D eigenvalue weighted by Crippen LogP contribution is 2.24. The second kappa shape index (κ2) is 7.57. The van der Waals surface area contributed by atoms with E-state index in [1.54, 1.807) is 45.0 Å². The predicted octanol–water partition coefficient (Wildman–Crippen LogP) is 3.98. The van der Waals surface area contributed by atoms with Gasteiger partial charge in [-0.1, -0.05) is 30.3 Å². The Labute approximate surface area is 152 Å². The number of hydrogen-bond donors (Lipinski definition) is 2. The summed E-state index contributed by atoms with van der Waals surface area (Å²) in [6.07, 6.45) is -0.914. The minimum absolute atomic E-state index is 0.00934. The Balaban J connectivity index is 2.58. The largest absolute Gasteiger partial charge is 0.478 e. The first-order chi connectivity index (χ1) is 12.1. The van der Waals surface area contributed by atoms with Crippen LogP contribution in [-0.4, -0.2) is 27.0 Å². The maximum absolute atomic E-state index is 13.5. The van der Waals surface area contributed by atoms with Crippen molar-refractivity contribution < 1.29 is 23.6 Å². The van der Waals surface area contributed by atoms with E-state index in [-0.39, 0.29) is 16.1 Å². The number of hydrogen-bond acceptors (Lipinski definition) is 5. The molecule has 0 spiro atoms. The van der Waals surface area contributed by atoms with Gasteiger partial charge in [-0.3, -0.25) is 0 Å². The number of benzene rings is 2. The molecular formula is C18H20N2O5S. The summed E-state index contributed by atoms with van der Waals surface area (Å²) in [5.74, 6) is -1.21. The Kier molecular flexibility index (Phi) is 5.66. The van der Waals surface area contributed by atoms with Crippen LogP contribution in [0, 0.1) is 0 Å². The summed E-state index contributed by atoms with van der Waals surface area (Å²) in [5.41, 5.74) is -0.924. The van der Waals surface area contributed by atoms with E-state index in [0.29, 0.717) is 0 Å². The molecule has 2 aromatic rings. The van der Waals surface area contributed by atoms with Crippen molar-refractivity contribution in [2.24, 2.45) is 4.36 Å². The molecule has 0 aromatic heterocycles. The summed E-state index contributed by atoms with van der Waals surface area (Å²) in [6.45, 7) is 5.02. The van der Waals surface area contributed by atoms with Gasteiger partial charge in [0.25, 0.3) is 0 Å². The van der Waals surface area contributed by atoms with Crippen molar-refractivity contribution in [2.45, 2.75) is 31.3 Å². The van der Waals surface area contributed by atoms with Crippen LogP contribution >= 0.6 is 0 Å². The lowest BCUT2D eigenvalue weighted by Crippen LogP contribution is -2.36. The number of rotatable bonds is 4. The molecule has 0 aliphatic rings. The molecule has 0 heterocycles. The van der Waals surface area contributed by atoms with Crippen LogP contribution in [0.15, 0.2) is 63.9 Å². The molecule has 0 bridgehead atoms. The van der Waals surface area contributed by atoms with Gasteiger partial charge in [-0.15, -0.1) is 0 Å². The Morgan fingerprint density at radius 1 is 1.04 bits per heavy atom. The molecule has 7 nitrogen and oxygen atoms in total. The Hall–Kier alpha value is -2.87. The van der Waals surface area contributed by atoms with Crippen LogP contribution in [0.1, 0.15) is 31.1 Å². The number of carboxylic acid groups (broad SMARTS) is 1. The molecule has 0 fully saturated rings. The highest BCUT2D eigenvalue weighted by molar-refractivity contribution is 7.92. The van der Waals surface area contributed by atoms with E-state index in [9.17, 15) is 18.9 Å². The van der Waals surface area contributed by atoms with Crippen LogP contribution in [0.4, 0.5) is 10.5 Å². The van der Waals surface area contributed by atoms with Crippen LogP contribution in [0.5, 0.6) is 0 Å². The van der Waals surface area contributed by atoms with Gasteiger partial charge >= 0.3 is 12.1 Å². The number of aromatic carboxylic acids is 1. The van der Waals surface area contributed by atoms with Crippen LogP contribution in [0.2, 0.25) is 0 Å². The van der Waals surface area contributed by atoms with E-state index in [0.717, 1.165) is 0 Å². The smallest absolute Gasteiger partial charge is 0.420 e. The third-order valence-electron chi connectivity index (χ3n) is 3.04. The molecule has 0 radical (unpaired) electrons. The Morgan fingerprint density at radius 2 is 1.62 bits per heavy atom. The van der Waals surface area contributed by atoms with Crippen LogP contribution < -0.4 is 4.72 Å². The molecule has 0 saturated heterocycles. The number of nitrogens with zero attached hydrogens (tertiary/aromatic N) is 1. The molecule has 2 aromatic carbocycles. The number of nitrogens with one attached hydrogen (secondary N) is 1. The second-order valence-electron chi connectivity index (χ2n) is 6.36. The zero-order chi connectivity index (χ0) is 19.4. The average molecular weight is 376 g/mol. The lowest BCUT2D eigenvalue weighted by atomic mass is 10.2. The summed E-state index contributed by atoms with van der Waals surface area (Å²) in [7, 11) is -3.51. The number of carbonyl (C=O) groups excluding carboxylic acids is 1. The lowest BCUT2D eigenvalue weighted by molar-refractivity contribution is 0.0571. The van der Waals surface area contributed by atoms with Crippen molar-refractivity contribution in [3.05, 3.63) is 60.2 Å². The topological polar surface area (TPSA) is 105 Å². The third kappa shape index (κ3) is 5.06. The highest BCUT2D eigenvalue weighted by Gasteiger charge is 2.23. The third-order valence-corrected chi connectivity index (χ3v) is 4.85. The fourth-order valence-corrected chi connectivity index (χ4v) is 3.52. The van der Waals surface area contributed by atoms with Crippen molar-refractivity contribution in [1.82, 2.24) is 4.72 Å². The second-order valence-corrected chi connectivity index (χ2v) is 8.27. The first-order valence-electron chi connectivity index (χ1n) is 7.76. The van der Waals surface area contributed by atoms with E-state index in [2.05, 4.69) is 9.08 Å². The van der Waals surface area contributed by atoms with Gasteiger partial charge in [0.15, 0.2) is 9.92 Å². The fourth-order valence-electron chi connectivity index (χ4n) is 2.02. The summed E-state index contributed by atoms with van der Waals surface area (Å²) in [4.78, 5) is 23.8. The molecule has 1 unspecified atom stereocenters. The first kappa shape index (κ1) is 19.5. The van der Waals surface area contributed by atoms with Gasteiger partial charge in [0.2, 0.25) is 0 Å². The van der Waals surface area contributed by atoms with E-state index in [1.807, 2.05) is 0 Å². The van der Waals surface area contributed by atoms with Crippen molar-refractivity contribution in [1.29, 1.82) is 0 Å². The maximum Gasteiger partial charge on any atom is 0.420 e. The number of ether oxygens (including phenoxy) is 1. The summed E-state index contributed by atoms with van der Waals surface area (Å²) in [6, 6.07) is 14.0. The van der Waals surface area contributed by atoms with Crippen molar-refractivity contribution >= 4 is 27.7 Å². The highest BCUT2D eigenvalue weighted by atomic mass is 32.2. The van der Waals surface area contributed by atoms with E-state index in [4.69, 9.17) is 4.74 Å². The average Bonchev–Trinajstić information content (AvgIpc) is 2.54. The summed E-state index contributed by atoms with van der Waals surface area (Å²) < 4.78 is 25.0. The van der Waals surface area contributed by atoms with Gasteiger partial charge in [0.05, 0.1) is 16.1 Å². The molecule has 2 N–H and O–H groups in total. The minimum Gasteiger partial charge on any atom is -0.478 e. The molecule has 8 heteroatoms. The van der Waals surface area contributed by atoms with Gasteiger partial charge in [-0.2, -0.15) is 4.36 Å². The molecule has 1 atom stereocenters. The summed E-state index contributed by atoms with van der Waals surface area (Å²) >= 11 is 0. The fraction of sp³-hybridized carbons (Fsp3) is 0.222. The van der Waals surface area contributed by atoms with Crippen LogP contribution in [-0.2, 0) is 14.7 Å². The van der Waals surface area contributed by atoms with Gasteiger partial charge < -0.3 is 9.84 Å². The summed E-state index contributed by atoms with van der Waals surface area (Å²) in [5, 5.41) is 9.30. The number of carbonyl (C=O) groups is 2. The molecule has 26 heavy (non-hydrogen) atoms. The van der Waals surface area contributed by atoms with E-state index < -0.39 is 27.6 Å². The molecular weight excluding hydrogens is 356 g/mol. The zero-order valence-electron chi connectivity index (χ0n) is 14.6. The molecule has 0 aliphatic carbocycles. The Bertz CT molecular complexity index is 926.